The second-order valence-electron chi connectivity index (χ2n) is 8.00. The van der Waals surface area contributed by atoms with Crippen LogP contribution >= 0.6 is 24.0 Å². The lowest BCUT2D eigenvalue weighted by atomic mass is 10.2. The van der Waals surface area contributed by atoms with Crippen molar-refractivity contribution in [2.45, 2.75) is 50.8 Å². The quantitative estimate of drug-likeness (QED) is 0.310. The molecule has 1 saturated carbocycles. The highest BCUT2D eigenvalue weighted by molar-refractivity contribution is 14.0. The number of nitrogens with one attached hydrogen (secondary N) is 2. The molecular formula is C21H32F2IN5O2. The van der Waals surface area contributed by atoms with Gasteiger partial charge in [0, 0.05) is 39.3 Å². The van der Waals surface area contributed by atoms with Crippen LogP contribution in [0.4, 0.5) is 14.5 Å². The van der Waals surface area contributed by atoms with Crippen molar-refractivity contribution < 1.29 is 18.3 Å². The van der Waals surface area contributed by atoms with Gasteiger partial charge in [-0.15, -0.1) is 24.0 Å². The van der Waals surface area contributed by atoms with Crippen LogP contribution in [0.15, 0.2) is 29.3 Å². The lowest BCUT2D eigenvalue weighted by molar-refractivity contribution is -0.127. The Labute approximate surface area is 199 Å². The van der Waals surface area contributed by atoms with Gasteiger partial charge >= 0.3 is 6.61 Å². The zero-order valence-corrected chi connectivity index (χ0v) is 20.4. The van der Waals surface area contributed by atoms with E-state index in [0.29, 0.717) is 30.8 Å². The first-order chi connectivity index (χ1) is 14.4. The summed E-state index contributed by atoms with van der Waals surface area (Å²) >= 11 is 0. The first kappa shape index (κ1) is 25.4. The average molecular weight is 551 g/mol. The lowest BCUT2D eigenvalue weighted by Crippen LogP contribution is -2.48. The van der Waals surface area contributed by atoms with Crippen LogP contribution in [0.1, 0.15) is 32.1 Å². The summed E-state index contributed by atoms with van der Waals surface area (Å²) in [6.07, 6.45) is 5.41. The number of halogens is 3. The lowest BCUT2D eigenvalue weighted by Gasteiger charge is -2.23. The standard InChI is InChI=1S/C21H31F2N5O2.HI/c1-27(2)19(29)13-24-21(25-15-7-3-4-8-15)26-16-11-12-28(14-16)17-9-5-6-10-18(17)30-20(22)23;/h5-6,9-10,15-16,20H,3-4,7-8,11-14H2,1-2H3,(H2,24,25,26);1H. The van der Waals surface area contributed by atoms with Crippen molar-refractivity contribution in [3.63, 3.8) is 0 Å². The number of alkyl halides is 2. The topological polar surface area (TPSA) is 69.2 Å². The van der Waals surface area contributed by atoms with Gasteiger partial charge in [0.1, 0.15) is 12.3 Å². The maximum Gasteiger partial charge on any atom is 0.387 e. The summed E-state index contributed by atoms with van der Waals surface area (Å²) in [7, 11) is 3.42. The molecule has 1 aliphatic carbocycles. The van der Waals surface area contributed by atoms with E-state index in [2.05, 4.69) is 20.4 Å². The number of aliphatic imine (C=N–C) groups is 1. The molecule has 3 rings (SSSR count). The maximum absolute atomic E-state index is 12.7. The zero-order valence-electron chi connectivity index (χ0n) is 18.0. The van der Waals surface area contributed by atoms with Crippen LogP contribution in [-0.2, 0) is 4.79 Å². The Morgan fingerprint density at radius 1 is 1.19 bits per heavy atom. The van der Waals surface area contributed by atoms with Crippen LogP contribution in [0.2, 0.25) is 0 Å². The molecule has 1 heterocycles. The molecule has 1 amide bonds. The predicted octanol–water partition coefficient (Wildman–Crippen LogP) is 3.05. The molecule has 0 spiro atoms. The molecular weight excluding hydrogens is 519 g/mol. The fraction of sp³-hybridized carbons (Fsp3) is 0.619. The highest BCUT2D eigenvalue weighted by atomic mass is 127. The molecule has 1 aliphatic heterocycles. The summed E-state index contributed by atoms with van der Waals surface area (Å²) < 4.78 is 30.1. The molecule has 7 nitrogen and oxygen atoms in total. The maximum atomic E-state index is 12.7. The van der Waals surface area contributed by atoms with Crippen molar-refractivity contribution >= 4 is 41.5 Å². The van der Waals surface area contributed by atoms with Gasteiger partial charge in [0.25, 0.3) is 0 Å². The van der Waals surface area contributed by atoms with Crippen molar-refractivity contribution in [1.82, 2.24) is 15.5 Å². The monoisotopic (exact) mass is 551 g/mol. The minimum Gasteiger partial charge on any atom is -0.433 e. The van der Waals surface area contributed by atoms with E-state index in [1.807, 2.05) is 11.0 Å². The Balaban J connectivity index is 0.00000341. The summed E-state index contributed by atoms with van der Waals surface area (Å²) in [5, 5.41) is 6.89. The summed E-state index contributed by atoms with van der Waals surface area (Å²) in [5.41, 5.74) is 0.659. The van der Waals surface area contributed by atoms with E-state index in [1.165, 1.54) is 17.7 Å². The molecule has 1 unspecified atom stereocenters. The van der Waals surface area contributed by atoms with Crippen molar-refractivity contribution in [1.29, 1.82) is 0 Å². The Bertz CT molecular complexity index is 744. The van der Waals surface area contributed by atoms with Crippen molar-refractivity contribution in [3.8, 4) is 5.75 Å². The molecule has 174 valence electrons. The van der Waals surface area contributed by atoms with Gasteiger partial charge in [0.15, 0.2) is 5.96 Å². The largest absolute Gasteiger partial charge is 0.433 e. The summed E-state index contributed by atoms with van der Waals surface area (Å²) in [4.78, 5) is 20.0. The number of carbonyl (C=O) groups excluding carboxylic acids is 1. The van der Waals surface area contributed by atoms with E-state index < -0.39 is 6.61 Å². The number of rotatable bonds is 7. The first-order valence-electron chi connectivity index (χ1n) is 10.5. The molecule has 1 saturated heterocycles. The van der Waals surface area contributed by atoms with Gasteiger partial charge in [-0.2, -0.15) is 8.78 Å². The number of likely N-dealkylation sites (N-methyl/N-ethyl adjacent to an activating group) is 1. The van der Waals surface area contributed by atoms with Crippen LogP contribution in [0, 0.1) is 0 Å². The minimum atomic E-state index is -2.86. The van der Waals surface area contributed by atoms with E-state index in [-0.39, 0.29) is 48.2 Å². The predicted molar refractivity (Wildman–Crippen MR) is 129 cm³/mol. The third kappa shape index (κ3) is 7.65. The number of benzene rings is 1. The third-order valence-electron chi connectivity index (χ3n) is 5.52. The SMILES string of the molecule is CN(C)C(=O)CN=C(NC1CCCC1)NC1CCN(c2ccccc2OC(F)F)C1.I. The van der Waals surface area contributed by atoms with Gasteiger partial charge in [0.2, 0.25) is 5.91 Å². The second-order valence-corrected chi connectivity index (χ2v) is 8.00. The Hall–Kier alpha value is -1.85. The smallest absolute Gasteiger partial charge is 0.387 e. The molecule has 1 aromatic rings. The fourth-order valence-corrected chi connectivity index (χ4v) is 3.89. The number of hydrogen-bond acceptors (Lipinski definition) is 4. The average Bonchev–Trinajstić information content (AvgIpc) is 3.38. The number of anilines is 1. The van der Waals surface area contributed by atoms with Crippen molar-refractivity contribution in [2.75, 3.05) is 38.6 Å². The number of nitrogens with zero attached hydrogens (tertiary/aromatic N) is 3. The van der Waals surface area contributed by atoms with Gasteiger partial charge in [-0.1, -0.05) is 25.0 Å². The molecule has 0 radical (unpaired) electrons. The number of para-hydroxylation sites is 2. The molecule has 0 bridgehead atoms. The van der Waals surface area contributed by atoms with Gasteiger partial charge in [-0.25, -0.2) is 4.99 Å². The summed E-state index contributed by atoms with van der Waals surface area (Å²) in [5.74, 6) is 0.761. The first-order valence-corrected chi connectivity index (χ1v) is 10.5. The van der Waals surface area contributed by atoms with Crippen LogP contribution in [0.3, 0.4) is 0 Å². The molecule has 1 atom stereocenters. The number of guanidine groups is 1. The molecule has 10 heteroatoms. The van der Waals surface area contributed by atoms with E-state index >= 15 is 0 Å². The van der Waals surface area contributed by atoms with Crippen LogP contribution < -0.4 is 20.3 Å². The van der Waals surface area contributed by atoms with Gasteiger partial charge in [0.05, 0.1) is 5.69 Å². The number of amides is 1. The minimum absolute atomic E-state index is 0. The number of carbonyl (C=O) groups is 1. The Kier molecular flexibility index (Phi) is 10.0. The van der Waals surface area contributed by atoms with Crippen molar-refractivity contribution in [2.24, 2.45) is 4.99 Å². The normalized spacial score (nSPS) is 19.3. The zero-order chi connectivity index (χ0) is 21.5. The van der Waals surface area contributed by atoms with Gasteiger partial charge < -0.3 is 25.2 Å². The second kappa shape index (κ2) is 12.3. The molecule has 2 aliphatic rings. The number of hydrogen-bond donors (Lipinski definition) is 2. The fourth-order valence-electron chi connectivity index (χ4n) is 3.89. The van der Waals surface area contributed by atoms with Crippen molar-refractivity contribution in [3.05, 3.63) is 24.3 Å². The Morgan fingerprint density at radius 3 is 2.55 bits per heavy atom. The molecule has 0 aromatic heterocycles. The van der Waals surface area contributed by atoms with E-state index in [0.717, 1.165) is 19.3 Å². The number of ether oxygens (including phenoxy) is 1. The van der Waals surface area contributed by atoms with Gasteiger partial charge in [-0.05, 0) is 31.4 Å². The highest BCUT2D eigenvalue weighted by Gasteiger charge is 2.27. The summed E-state index contributed by atoms with van der Waals surface area (Å²) in [6, 6.07) is 7.31. The van der Waals surface area contributed by atoms with Crippen LogP contribution in [0.5, 0.6) is 5.75 Å². The molecule has 2 N–H and O–H groups in total. The van der Waals surface area contributed by atoms with E-state index in [1.54, 1.807) is 32.3 Å². The molecule has 2 fully saturated rings. The Morgan fingerprint density at radius 2 is 1.87 bits per heavy atom. The van der Waals surface area contributed by atoms with E-state index in [4.69, 9.17) is 0 Å². The molecule has 31 heavy (non-hydrogen) atoms. The highest BCUT2D eigenvalue weighted by Crippen LogP contribution is 2.31. The van der Waals surface area contributed by atoms with Gasteiger partial charge in [-0.3, -0.25) is 4.79 Å². The third-order valence-corrected chi connectivity index (χ3v) is 5.52. The summed E-state index contributed by atoms with van der Waals surface area (Å²) in [6.45, 7) is -1.42. The van der Waals surface area contributed by atoms with Crippen LogP contribution in [0.25, 0.3) is 0 Å². The van der Waals surface area contributed by atoms with E-state index in [9.17, 15) is 13.6 Å². The molecule has 1 aromatic carbocycles. The van der Waals surface area contributed by atoms with Crippen LogP contribution in [-0.4, -0.2) is 69.2 Å².